The number of nitrogens with one attached hydrogen (secondary N) is 1. The zero-order chi connectivity index (χ0) is 18.5. The number of para-hydroxylation sites is 2. The summed E-state index contributed by atoms with van der Waals surface area (Å²) >= 11 is 0. The first-order valence-electron chi connectivity index (χ1n) is 8.78. The van der Waals surface area contributed by atoms with Crippen LogP contribution in [0.25, 0.3) is 11.0 Å². The summed E-state index contributed by atoms with van der Waals surface area (Å²) in [7, 11) is 1.59. The maximum Gasteiger partial charge on any atom is 0.326 e. The van der Waals surface area contributed by atoms with Gasteiger partial charge in [-0.25, -0.2) is 9.78 Å². The molecule has 0 unspecified atom stereocenters. The van der Waals surface area contributed by atoms with Gasteiger partial charge in [-0.2, -0.15) is 0 Å². The number of likely N-dealkylation sites (N-methyl/N-ethyl adjacent to an activating group) is 1. The van der Waals surface area contributed by atoms with Crippen molar-refractivity contribution in [2.24, 2.45) is 0 Å². The van der Waals surface area contributed by atoms with Gasteiger partial charge in [0.25, 0.3) is 0 Å². The van der Waals surface area contributed by atoms with Crippen LogP contribution in [0.5, 0.6) is 0 Å². The minimum Gasteiger partial charge on any atom is -0.356 e. The van der Waals surface area contributed by atoms with Crippen molar-refractivity contribution in [2.75, 3.05) is 26.7 Å². The number of aryl methyl sites for hydroxylation is 1. The predicted octanol–water partition coefficient (Wildman–Crippen LogP) is 1.22. The highest BCUT2D eigenvalue weighted by Gasteiger charge is 2.32. The van der Waals surface area contributed by atoms with E-state index in [0.717, 1.165) is 24.0 Å². The number of hydrogen-bond donors (Lipinski definition) is 1. The van der Waals surface area contributed by atoms with Crippen LogP contribution in [0.2, 0.25) is 0 Å². The molecule has 2 heterocycles. The average Bonchev–Trinajstić information content (AvgIpc) is 3.14. The number of carbonyl (C=O) groups is 3. The van der Waals surface area contributed by atoms with Gasteiger partial charge in [0.05, 0.1) is 17.4 Å². The summed E-state index contributed by atoms with van der Waals surface area (Å²) < 4.78 is 2.07. The molecule has 0 aliphatic carbocycles. The van der Waals surface area contributed by atoms with E-state index in [0.29, 0.717) is 19.4 Å². The standard InChI is InChI=1S/C18H23N5O3/c1-21-12-17(25)23(18(21)26)11-4-8-16(24)19-9-5-10-22-13-20-14-6-2-3-7-15(14)22/h2-3,6-7,13H,4-5,8-12H2,1H3,(H,19,24). The zero-order valence-corrected chi connectivity index (χ0v) is 14.9. The Morgan fingerprint density at radius 3 is 2.77 bits per heavy atom. The molecule has 8 nitrogen and oxygen atoms in total. The van der Waals surface area contributed by atoms with Crippen LogP contribution in [0.15, 0.2) is 30.6 Å². The van der Waals surface area contributed by atoms with Gasteiger partial charge in [0.15, 0.2) is 0 Å². The lowest BCUT2D eigenvalue weighted by Crippen LogP contribution is -2.33. The Morgan fingerprint density at radius 2 is 2.00 bits per heavy atom. The highest BCUT2D eigenvalue weighted by Crippen LogP contribution is 2.12. The second kappa shape index (κ2) is 7.99. The monoisotopic (exact) mass is 357 g/mol. The fourth-order valence-electron chi connectivity index (χ4n) is 3.04. The number of urea groups is 1. The first-order valence-corrected chi connectivity index (χ1v) is 8.78. The van der Waals surface area contributed by atoms with Crippen molar-refractivity contribution in [3.8, 4) is 0 Å². The molecule has 3 rings (SSSR count). The molecule has 1 aliphatic heterocycles. The molecular weight excluding hydrogens is 334 g/mol. The number of aromatic nitrogens is 2. The van der Waals surface area contributed by atoms with E-state index in [-0.39, 0.29) is 30.9 Å². The molecular formula is C18H23N5O3. The van der Waals surface area contributed by atoms with Gasteiger partial charge in [-0.05, 0) is 25.0 Å². The zero-order valence-electron chi connectivity index (χ0n) is 14.9. The predicted molar refractivity (Wildman–Crippen MR) is 96.3 cm³/mol. The third kappa shape index (κ3) is 4.01. The van der Waals surface area contributed by atoms with E-state index in [9.17, 15) is 14.4 Å². The van der Waals surface area contributed by atoms with E-state index in [2.05, 4.69) is 14.9 Å². The number of imide groups is 1. The van der Waals surface area contributed by atoms with Crippen molar-refractivity contribution in [3.05, 3.63) is 30.6 Å². The molecule has 0 radical (unpaired) electrons. The van der Waals surface area contributed by atoms with Gasteiger partial charge in [0.2, 0.25) is 11.8 Å². The number of fused-ring (bicyclic) bond motifs is 1. The second-order valence-electron chi connectivity index (χ2n) is 6.42. The molecule has 4 amide bonds. The first kappa shape index (κ1) is 17.9. The minimum absolute atomic E-state index is 0.0621. The quantitative estimate of drug-likeness (QED) is 0.568. The van der Waals surface area contributed by atoms with Gasteiger partial charge in [0, 0.05) is 33.1 Å². The maximum absolute atomic E-state index is 11.9. The lowest BCUT2D eigenvalue weighted by Gasteiger charge is -2.13. The van der Waals surface area contributed by atoms with E-state index < -0.39 is 0 Å². The molecule has 1 saturated heterocycles. The van der Waals surface area contributed by atoms with Crippen molar-refractivity contribution in [3.63, 3.8) is 0 Å². The van der Waals surface area contributed by atoms with Gasteiger partial charge in [-0.3, -0.25) is 14.5 Å². The maximum atomic E-state index is 11.9. The fourth-order valence-corrected chi connectivity index (χ4v) is 3.04. The summed E-state index contributed by atoms with van der Waals surface area (Å²) in [5, 5.41) is 2.88. The van der Waals surface area contributed by atoms with Gasteiger partial charge in [0.1, 0.15) is 6.54 Å². The van der Waals surface area contributed by atoms with E-state index in [1.54, 1.807) is 7.05 Å². The Bertz CT molecular complexity index is 816. The molecule has 0 saturated carbocycles. The van der Waals surface area contributed by atoms with Crippen LogP contribution in [0.1, 0.15) is 19.3 Å². The number of hydrogen-bond acceptors (Lipinski definition) is 4. The molecule has 2 aromatic rings. The molecule has 8 heteroatoms. The molecule has 0 atom stereocenters. The lowest BCUT2D eigenvalue weighted by atomic mass is 10.2. The molecule has 138 valence electrons. The largest absolute Gasteiger partial charge is 0.356 e. The van der Waals surface area contributed by atoms with Crippen molar-refractivity contribution in [1.29, 1.82) is 0 Å². The van der Waals surface area contributed by atoms with E-state index in [4.69, 9.17) is 0 Å². The van der Waals surface area contributed by atoms with Gasteiger partial charge >= 0.3 is 6.03 Å². The molecule has 1 fully saturated rings. The Morgan fingerprint density at radius 1 is 1.19 bits per heavy atom. The van der Waals surface area contributed by atoms with Crippen molar-refractivity contribution < 1.29 is 14.4 Å². The van der Waals surface area contributed by atoms with Crippen LogP contribution in [0.4, 0.5) is 4.79 Å². The first-order chi connectivity index (χ1) is 12.6. The van der Waals surface area contributed by atoms with Crippen LogP contribution in [0, 0.1) is 0 Å². The summed E-state index contributed by atoms with van der Waals surface area (Å²) in [6, 6.07) is 7.65. The van der Waals surface area contributed by atoms with Gasteiger partial charge < -0.3 is 14.8 Å². The highest BCUT2D eigenvalue weighted by atomic mass is 16.2. The van der Waals surface area contributed by atoms with Gasteiger partial charge in [-0.1, -0.05) is 12.1 Å². The number of imidazole rings is 1. The molecule has 1 aromatic carbocycles. The van der Waals surface area contributed by atoms with E-state index in [1.165, 1.54) is 9.80 Å². The number of nitrogens with zero attached hydrogens (tertiary/aromatic N) is 4. The second-order valence-corrected chi connectivity index (χ2v) is 6.42. The number of benzene rings is 1. The molecule has 1 aliphatic rings. The topological polar surface area (TPSA) is 87.5 Å². The molecule has 1 N–H and O–H groups in total. The van der Waals surface area contributed by atoms with E-state index >= 15 is 0 Å². The van der Waals surface area contributed by atoms with Gasteiger partial charge in [-0.15, -0.1) is 0 Å². The van der Waals surface area contributed by atoms with Crippen LogP contribution in [-0.4, -0.2) is 63.9 Å². The third-order valence-corrected chi connectivity index (χ3v) is 4.44. The number of carbonyl (C=O) groups excluding carboxylic acids is 3. The van der Waals surface area contributed by atoms with Crippen LogP contribution in [-0.2, 0) is 16.1 Å². The summed E-state index contributed by atoms with van der Waals surface area (Å²) in [5.74, 6) is -0.265. The highest BCUT2D eigenvalue weighted by molar-refractivity contribution is 6.01. The summed E-state index contributed by atoms with van der Waals surface area (Å²) in [5.41, 5.74) is 2.05. The van der Waals surface area contributed by atoms with Crippen molar-refractivity contribution in [2.45, 2.75) is 25.8 Å². The normalized spacial score (nSPS) is 14.5. The summed E-state index contributed by atoms with van der Waals surface area (Å²) in [6.45, 7) is 1.77. The fraction of sp³-hybridized carbons (Fsp3) is 0.444. The van der Waals surface area contributed by atoms with E-state index in [1.807, 2.05) is 30.6 Å². The lowest BCUT2D eigenvalue weighted by molar-refractivity contribution is -0.126. The Balaban J connectivity index is 1.33. The minimum atomic E-state index is -0.289. The smallest absolute Gasteiger partial charge is 0.326 e. The summed E-state index contributed by atoms with van der Waals surface area (Å²) in [6.07, 6.45) is 3.39. The van der Waals surface area contributed by atoms with Crippen LogP contribution in [0.3, 0.4) is 0 Å². The SMILES string of the molecule is CN1CC(=O)N(CCCC(=O)NCCCn2cnc3ccccc32)C1=O. The van der Waals surface area contributed by atoms with Crippen molar-refractivity contribution >= 4 is 28.9 Å². The third-order valence-electron chi connectivity index (χ3n) is 4.44. The van der Waals surface area contributed by atoms with Crippen LogP contribution < -0.4 is 5.32 Å². The Kier molecular flexibility index (Phi) is 5.50. The molecule has 0 spiro atoms. The molecule has 26 heavy (non-hydrogen) atoms. The van der Waals surface area contributed by atoms with Crippen LogP contribution >= 0.6 is 0 Å². The Labute approximate surface area is 151 Å². The molecule has 1 aromatic heterocycles. The Hall–Kier alpha value is -2.90. The average molecular weight is 357 g/mol. The number of amides is 4. The van der Waals surface area contributed by atoms with Crippen molar-refractivity contribution in [1.82, 2.24) is 24.7 Å². The number of rotatable bonds is 8. The molecule has 0 bridgehead atoms. The summed E-state index contributed by atoms with van der Waals surface area (Å²) in [4.78, 5) is 42.2.